The second kappa shape index (κ2) is 7.28. The van der Waals surface area contributed by atoms with Gasteiger partial charge in [0.2, 0.25) is 0 Å². The summed E-state index contributed by atoms with van der Waals surface area (Å²) in [4.78, 5) is 12.6. The molecule has 0 aliphatic carbocycles. The van der Waals surface area contributed by atoms with E-state index < -0.39 is 0 Å². The lowest BCUT2D eigenvalue weighted by atomic mass is 10.3. The normalized spacial score (nSPS) is 10.8. The first-order valence-corrected chi connectivity index (χ1v) is 8.82. The molecule has 6 nitrogen and oxygen atoms in total. The predicted molar refractivity (Wildman–Crippen MR) is 105 cm³/mol. The zero-order valence-electron chi connectivity index (χ0n) is 14.8. The first kappa shape index (κ1) is 17.9. The largest absolute Gasteiger partial charge is 0.318 e. The number of nitrogens with zero attached hydrogens (tertiary/aromatic N) is 4. The van der Waals surface area contributed by atoms with Crippen LogP contribution in [-0.4, -0.2) is 25.5 Å². The van der Waals surface area contributed by atoms with Gasteiger partial charge in [0, 0.05) is 11.2 Å². The van der Waals surface area contributed by atoms with Gasteiger partial charge in [0.25, 0.3) is 5.91 Å². The number of halogens is 2. The zero-order valence-corrected chi connectivity index (χ0v) is 15.6. The van der Waals surface area contributed by atoms with Crippen LogP contribution >= 0.6 is 11.6 Å². The molecule has 0 fully saturated rings. The Balaban J connectivity index is 1.54. The number of aromatic nitrogens is 4. The molecule has 0 aliphatic heterocycles. The van der Waals surface area contributed by atoms with E-state index in [0.717, 1.165) is 11.4 Å². The first-order valence-electron chi connectivity index (χ1n) is 8.45. The van der Waals surface area contributed by atoms with Gasteiger partial charge in [-0.05, 0) is 55.5 Å². The number of hydrogen-bond acceptors (Lipinski definition) is 3. The molecule has 1 amide bonds. The molecule has 0 aliphatic rings. The summed E-state index contributed by atoms with van der Waals surface area (Å²) in [5, 5.41) is 12.0. The molecule has 2 aromatic carbocycles. The van der Waals surface area contributed by atoms with E-state index in [1.807, 2.05) is 19.1 Å². The van der Waals surface area contributed by atoms with E-state index in [1.54, 1.807) is 47.4 Å². The van der Waals surface area contributed by atoms with Crippen LogP contribution in [0.3, 0.4) is 0 Å². The fourth-order valence-electron chi connectivity index (χ4n) is 2.77. The van der Waals surface area contributed by atoms with Crippen molar-refractivity contribution >= 4 is 23.2 Å². The highest BCUT2D eigenvalue weighted by Gasteiger charge is 2.15. The number of amides is 1. The zero-order chi connectivity index (χ0) is 19.7. The van der Waals surface area contributed by atoms with Crippen molar-refractivity contribution in [2.45, 2.75) is 6.92 Å². The molecule has 0 saturated carbocycles. The van der Waals surface area contributed by atoms with E-state index in [0.29, 0.717) is 16.4 Å². The van der Waals surface area contributed by atoms with Crippen LogP contribution < -0.4 is 5.32 Å². The summed E-state index contributed by atoms with van der Waals surface area (Å²) in [6.07, 6.45) is 3.22. The standard InChI is InChI=1S/C20H15ClFN5O/c1-13-19(12-23-27(13)17-4-2-3-14(21)11-17)24-20(28)18-9-10-26(25-18)16-7-5-15(22)6-8-16/h2-12H,1H3,(H,24,28). The summed E-state index contributed by atoms with van der Waals surface area (Å²) in [6.45, 7) is 1.85. The minimum absolute atomic E-state index is 0.235. The Kier molecular flexibility index (Phi) is 4.67. The summed E-state index contributed by atoms with van der Waals surface area (Å²) in [7, 11) is 0. The van der Waals surface area contributed by atoms with Crippen molar-refractivity contribution in [3.05, 3.63) is 89.2 Å². The first-order chi connectivity index (χ1) is 13.5. The third kappa shape index (κ3) is 3.52. The third-order valence-electron chi connectivity index (χ3n) is 4.22. The number of carbonyl (C=O) groups is 1. The third-order valence-corrected chi connectivity index (χ3v) is 4.46. The van der Waals surface area contributed by atoms with Crippen LogP contribution in [0.25, 0.3) is 11.4 Å². The van der Waals surface area contributed by atoms with E-state index in [2.05, 4.69) is 15.5 Å². The molecule has 0 bridgehead atoms. The Morgan fingerprint density at radius 2 is 1.89 bits per heavy atom. The maximum absolute atomic E-state index is 13.1. The van der Waals surface area contributed by atoms with Crippen molar-refractivity contribution in [2.75, 3.05) is 5.32 Å². The Hall–Kier alpha value is -3.45. The van der Waals surface area contributed by atoms with Crippen LogP contribution in [0.4, 0.5) is 10.1 Å². The van der Waals surface area contributed by atoms with Gasteiger partial charge < -0.3 is 5.32 Å². The van der Waals surface area contributed by atoms with Gasteiger partial charge in [-0.2, -0.15) is 10.2 Å². The van der Waals surface area contributed by atoms with Gasteiger partial charge in [-0.1, -0.05) is 17.7 Å². The van der Waals surface area contributed by atoms with Gasteiger partial charge >= 0.3 is 0 Å². The monoisotopic (exact) mass is 395 g/mol. The fraction of sp³-hybridized carbons (Fsp3) is 0.0500. The number of carbonyl (C=O) groups excluding carboxylic acids is 1. The Bertz CT molecular complexity index is 1150. The molecule has 0 spiro atoms. The minimum Gasteiger partial charge on any atom is -0.318 e. The number of hydrogen-bond donors (Lipinski definition) is 1. The summed E-state index contributed by atoms with van der Waals surface area (Å²) in [6, 6.07) is 14.7. The van der Waals surface area contributed by atoms with Crippen LogP contribution in [0.5, 0.6) is 0 Å². The molecule has 0 saturated heterocycles. The van der Waals surface area contributed by atoms with Gasteiger partial charge in [-0.3, -0.25) is 4.79 Å². The molecule has 28 heavy (non-hydrogen) atoms. The van der Waals surface area contributed by atoms with Crippen molar-refractivity contribution in [3.63, 3.8) is 0 Å². The van der Waals surface area contributed by atoms with Crippen molar-refractivity contribution in [1.29, 1.82) is 0 Å². The predicted octanol–water partition coefficient (Wildman–Crippen LogP) is 4.41. The van der Waals surface area contributed by atoms with Gasteiger partial charge in [-0.25, -0.2) is 13.8 Å². The van der Waals surface area contributed by atoms with Gasteiger partial charge in [0.05, 0.1) is 29.0 Å². The van der Waals surface area contributed by atoms with Crippen LogP contribution in [0.1, 0.15) is 16.2 Å². The lowest BCUT2D eigenvalue weighted by Crippen LogP contribution is -2.14. The molecule has 0 unspecified atom stereocenters. The van der Waals surface area contributed by atoms with Crippen LogP contribution in [0, 0.1) is 12.7 Å². The average Bonchev–Trinajstić information content (AvgIpc) is 3.30. The summed E-state index contributed by atoms with van der Waals surface area (Å²) in [5.74, 6) is -0.698. The topological polar surface area (TPSA) is 64.7 Å². The highest BCUT2D eigenvalue weighted by atomic mass is 35.5. The molecule has 2 aromatic heterocycles. The van der Waals surface area contributed by atoms with Gasteiger partial charge in [-0.15, -0.1) is 0 Å². The number of anilines is 1. The summed E-state index contributed by atoms with van der Waals surface area (Å²) >= 11 is 6.04. The molecule has 0 atom stereocenters. The van der Waals surface area contributed by atoms with Crippen molar-refractivity contribution in [3.8, 4) is 11.4 Å². The van der Waals surface area contributed by atoms with Crippen LogP contribution in [0.2, 0.25) is 5.02 Å². The molecule has 1 N–H and O–H groups in total. The van der Waals surface area contributed by atoms with Crippen molar-refractivity contribution in [2.24, 2.45) is 0 Å². The van der Waals surface area contributed by atoms with Crippen LogP contribution in [-0.2, 0) is 0 Å². The second-order valence-electron chi connectivity index (χ2n) is 6.11. The molecule has 4 aromatic rings. The van der Waals surface area contributed by atoms with E-state index in [-0.39, 0.29) is 17.4 Å². The minimum atomic E-state index is -0.366. The quantitative estimate of drug-likeness (QED) is 0.556. The Morgan fingerprint density at radius 3 is 2.64 bits per heavy atom. The second-order valence-corrected chi connectivity index (χ2v) is 6.55. The molecule has 4 rings (SSSR count). The molecule has 140 valence electrons. The molecular weight excluding hydrogens is 381 g/mol. The maximum atomic E-state index is 13.1. The lowest BCUT2D eigenvalue weighted by Gasteiger charge is -2.06. The molecule has 2 heterocycles. The van der Waals surface area contributed by atoms with Crippen LogP contribution in [0.15, 0.2) is 67.0 Å². The van der Waals surface area contributed by atoms with Crippen molar-refractivity contribution < 1.29 is 9.18 Å². The fourth-order valence-corrected chi connectivity index (χ4v) is 2.95. The lowest BCUT2D eigenvalue weighted by molar-refractivity contribution is 0.102. The molecular formula is C20H15ClFN5O. The smallest absolute Gasteiger partial charge is 0.276 e. The maximum Gasteiger partial charge on any atom is 0.276 e. The molecule has 8 heteroatoms. The highest BCUT2D eigenvalue weighted by Crippen LogP contribution is 2.21. The van der Waals surface area contributed by atoms with E-state index in [4.69, 9.17) is 11.6 Å². The number of nitrogens with one attached hydrogen (secondary N) is 1. The van der Waals surface area contributed by atoms with E-state index in [9.17, 15) is 9.18 Å². The Morgan fingerprint density at radius 1 is 1.11 bits per heavy atom. The van der Waals surface area contributed by atoms with Gasteiger partial charge in [0.15, 0.2) is 5.69 Å². The summed E-state index contributed by atoms with van der Waals surface area (Å²) in [5.41, 5.74) is 3.02. The SMILES string of the molecule is Cc1c(NC(=O)c2ccn(-c3ccc(F)cc3)n2)cnn1-c1cccc(Cl)c1. The Labute approximate surface area is 165 Å². The number of benzene rings is 2. The van der Waals surface area contributed by atoms with Gasteiger partial charge in [0.1, 0.15) is 5.82 Å². The van der Waals surface area contributed by atoms with Crippen molar-refractivity contribution in [1.82, 2.24) is 19.6 Å². The highest BCUT2D eigenvalue weighted by molar-refractivity contribution is 6.30. The summed E-state index contributed by atoms with van der Waals surface area (Å²) < 4.78 is 16.3. The van der Waals surface area contributed by atoms with E-state index in [1.165, 1.54) is 16.8 Å². The molecule has 0 radical (unpaired) electrons. The van der Waals surface area contributed by atoms with E-state index >= 15 is 0 Å². The average molecular weight is 396 g/mol. The number of rotatable bonds is 4.